The second-order valence-electron chi connectivity index (χ2n) is 13.9. The quantitative estimate of drug-likeness (QED) is 0.318. The molecule has 1 N–H and O–H groups in total. The minimum Gasteiger partial charge on any atom is -0.465 e. The Kier molecular flexibility index (Phi) is 12.2. The Balaban J connectivity index is 1.17. The van der Waals surface area contributed by atoms with Gasteiger partial charge in [0.05, 0.1) is 26.4 Å². The number of hydrogen-bond donors (Lipinski definition) is 1. The molecule has 3 fully saturated rings. The third-order valence-corrected chi connectivity index (χ3v) is 9.80. The van der Waals surface area contributed by atoms with Gasteiger partial charge in [-0.15, -0.1) is 0 Å². The molecule has 11 heteroatoms. The number of esters is 1. The highest BCUT2D eigenvalue weighted by atomic mass is 16.8. The predicted molar refractivity (Wildman–Crippen MR) is 178 cm³/mol. The number of rotatable bonds is 12. The maximum absolute atomic E-state index is 13.2. The van der Waals surface area contributed by atoms with Crippen molar-refractivity contribution in [1.29, 1.82) is 0 Å². The molecule has 0 aromatic heterocycles. The van der Waals surface area contributed by atoms with Gasteiger partial charge in [0.2, 0.25) is 0 Å². The number of hydrogen-bond acceptors (Lipinski definition) is 10. The summed E-state index contributed by atoms with van der Waals surface area (Å²) in [4.78, 5) is 30.5. The lowest BCUT2D eigenvalue weighted by molar-refractivity contribution is -0.321. The zero-order valence-corrected chi connectivity index (χ0v) is 28.9. The highest BCUT2D eigenvalue weighted by molar-refractivity contribution is 5.78. The Morgan fingerprint density at radius 3 is 2.33 bits per heavy atom. The first kappa shape index (κ1) is 36.2. The number of likely N-dealkylation sites (N-methyl/N-ethyl adjacent to an activating group) is 1. The van der Waals surface area contributed by atoms with Crippen LogP contribution >= 0.6 is 0 Å². The number of nitrogens with zero attached hydrogens (tertiary/aromatic N) is 2. The van der Waals surface area contributed by atoms with E-state index in [1.165, 1.54) is 7.11 Å². The van der Waals surface area contributed by atoms with Crippen molar-refractivity contribution in [3.05, 3.63) is 71.8 Å². The second-order valence-corrected chi connectivity index (χ2v) is 13.9. The van der Waals surface area contributed by atoms with Crippen molar-refractivity contribution in [1.82, 2.24) is 9.80 Å². The van der Waals surface area contributed by atoms with Crippen molar-refractivity contribution >= 4 is 12.1 Å². The molecule has 0 aliphatic carbocycles. The van der Waals surface area contributed by atoms with Gasteiger partial charge in [0.15, 0.2) is 5.79 Å². The second kappa shape index (κ2) is 16.1. The van der Waals surface area contributed by atoms with Gasteiger partial charge in [-0.1, -0.05) is 67.6 Å². The molecule has 264 valence electrons. The van der Waals surface area contributed by atoms with Crippen LogP contribution in [-0.2, 0) is 46.4 Å². The number of amides is 1. The standard InChI is InChI=1S/C37H52N2O9/c1-26-20-37(34(41)43-5,48-33(32(26)40)31-25-45-36(2,3)47-31)46-24-30-17-16-28(21-38(30)4)18-19-39(22-27-12-8-6-9-13-27)35(42)44-23-29-14-10-7-11-15-29/h6-15,26,28,30-33,40H,16-25H2,1-5H3/t26-,28?,30?,31-,32-,33?,37-/m1/s1. The van der Waals surface area contributed by atoms with Crippen LogP contribution in [0.1, 0.15) is 57.6 Å². The normalized spacial score (nSPS) is 30.5. The zero-order valence-electron chi connectivity index (χ0n) is 28.9. The average Bonchev–Trinajstić information content (AvgIpc) is 3.46. The minimum atomic E-state index is -1.66. The molecule has 0 spiro atoms. The molecule has 3 heterocycles. The summed E-state index contributed by atoms with van der Waals surface area (Å²) < 4.78 is 35.3. The van der Waals surface area contributed by atoms with Gasteiger partial charge < -0.3 is 43.3 Å². The van der Waals surface area contributed by atoms with E-state index in [0.29, 0.717) is 19.0 Å². The largest absolute Gasteiger partial charge is 0.465 e. The van der Waals surface area contributed by atoms with Gasteiger partial charge in [0, 0.05) is 32.1 Å². The molecule has 3 unspecified atom stereocenters. The first-order valence-electron chi connectivity index (χ1n) is 17.1. The fraction of sp³-hybridized carbons (Fsp3) is 0.622. The monoisotopic (exact) mass is 668 g/mol. The molecule has 0 saturated carbocycles. The third-order valence-electron chi connectivity index (χ3n) is 9.80. The summed E-state index contributed by atoms with van der Waals surface area (Å²) in [6, 6.07) is 19.7. The summed E-state index contributed by atoms with van der Waals surface area (Å²) in [7, 11) is 3.37. The lowest BCUT2D eigenvalue weighted by atomic mass is 9.86. The lowest BCUT2D eigenvalue weighted by Crippen LogP contribution is -2.61. The topological polar surface area (TPSA) is 116 Å². The summed E-state index contributed by atoms with van der Waals surface area (Å²) in [5, 5.41) is 11.0. The molecular formula is C37H52N2O9. The Bertz CT molecular complexity index is 1330. The molecule has 0 bridgehead atoms. The van der Waals surface area contributed by atoms with Crippen molar-refractivity contribution in [2.24, 2.45) is 11.8 Å². The van der Waals surface area contributed by atoms with Crippen LogP contribution in [0.2, 0.25) is 0 Å². The summed E-state index contributed by atoms with van der Waals surface area (Å²) in [5.74, 6) is -3.04. The van der Waals surface area contributed by atoms with Crippen LogP contribution in [0, 0.1) is 11.8 Å². The van der Waals surface area contributed by atoms with E-state index in [4.69, 9.17) is 28.4 Å². The number of carbonyl (C=O) groups is 2. The fourth-order valence-corrected chi connectivity index (χ4v) is 6.98. The van der Waals surface area contributed by atoms with Crippen molar-refractivity contribution in [2.75, 3.05) is 40.5 Å². The first-order chi connectivity index (χ1) is 23.0. The number of likely N-dealkylation sites (tertiary alicyclic amines) is 1. The highest BCUT2D eigenvalue weighted by Gasteiger charge is 2.56. The van der Waals surface area contributed by atoms with Gasteiger partial charge in [0.1, 0.15) is 18.8 Å². The molecule has 2 aromatic rings. The zero-order chi connectivity index (χ0) is 34.3. The van der Waals surface area contributed by atoms with Gasteiger partial charge in [-0.3, -0.25) is 0 Å². The summed E-state index contributed by atoms with van der Waals surface area (Å²) >= 11 is 0. The molecule has 3 aliphatic heterocycles. The van der Waals surface area contributed by atoms with Crippen LogP contribution in [-0.4, -0.2) is 103 Å². The lowest BCUT2D eigenvalue weighted by Gasteiger charge is -2.46. The first-order valence-corrected chi connectivity index (χ1v) is 17.1. The van der Waals surface area contributed by atoms with Crippen molar-refractivity contribution in [2.45, 2.75) is 95.5 Å². The third kappa shape index (κ3) is 9.13. The number of methoxy groups -OCH3 is 1. The Morgan fingerprint density at radius 1 is 1.02 bits per heavy atom. The van der Waals surface area contributed by atoms with E-state index in [9.17, 15) is 14.7 Å². The summed E-state index contributed by atoms with van der Waals surface area (Å²) in [5.41, 5.74) is 2.00. The molecule has 11 nitrogen and oxygen atoms in total. The van der Waals surface area contributed by atoms with Gasteiger partial charge in [0.25, 0.3) is 5.79 Å². The van der Waals surface area contributed by atoms with Gasteiger partial charge in [-0.25, -0.2) is 9.59 Å². The molecule has 1 amide bonds. The maximum Gasteiger partial charge on any atom is 0.410 e. The van der Waals surface area contributed by atoms with Gasteiger partial charge >= 0.3 is 12.1 Å². The number of benzene rings is 2. The van der Waals surface area contributed by atoms with E-state index in [2.05, 4.69) is 11.9 Å². The van der Waals surface area contributed by atoms with E-state index < -0.39 is 35.9 Å². The summed E-state index contributed by atoms with van der Waals surface area (Å²) in [6.07, 6.45) is 0.233. The molecule has 48 heavy (non-hydrogen) atoms. The van der Waals surface area contributed by atoms with E-state index >= 15 is 0 Å². The van der Waals surface area contributed by atoms with E-state index in [1.807, 2.05) is 67.6 Å². The minimum absolute atomic E-state index is 0.0493. The molecular weight excluding hydrogens is 616 g/mol. The molecule has 3 aliphatic rings. The Labute approximate surface area is 284 Å². The molecule has 5 rings (SSSR count). The molecule has 7 atom stereocenters. The molecule has 3 saturated heterocycles. The van der Waals surface area contributed by atoms with Gasteiger partial charge in [-0.05, 0) is 63.1 Å². The van der Waals surface area contributed by atoms with Crippen LogP contribution in [0.15, 0.2) is 60.7 Å². The Hall–Kier alpha value is -3.06. The van der Waals surface area contributed by atoms with Crippen LogP contribution in [0.5, 0.6) is 0 Å². The number of piperidine rings is 1. The van der Waals surface area contributed by atoms with Crippen LogP contribution in [0.3, 0.4) is 0 Å². The molecule has 2 aromatic carbocycles. The fourth-order valence-electron chi connectivity index (χ4n) is 6.98. The summed E-state index contributed by atoms with van der Waals surface area (Å²) in [6.45, 7) is 8.08. The van der Waals surface area contributed by atoms with Crippen molar-refractivity contribution in [3.8, 4) is 0 Å². The number of aliphatic hydroxyl groups excluding tert-OH is 1. The van der Waals surface area contributed by atoms with E-state index in [-0.39, 0.29) is 44.3 Å². The van der Waals surface area contributed by atoms with Crippen molar-refractivity contribution in [3.63, 3.8) is 0 Å². The number of ether oxygens (including phenoxy) is 6. The van der Waals surface area contributed by atoms with Gasteiger partial charge in [-0.2, -0.15) is 0 Å². The van der Waals surface area contributed by atoms with Crippen molar-refractivity contribution < 1.29 is 43.1 Å². The predicted octanol–water partition coefficient (Wildman–Crippen LogP) is 4.75. The average molecular weight is 669 g/mol. The van der Waals surface area contributed by atoms with Crippen LogP contribution < -0.4 is 0 Å². The van der Waals surface area contributed by atoms with Crippen LogP contribution in [0.25, 0.3) is 0 Å². The van der Waals surface area contributed by atoms with E-state index in [1.54, 1.807) is 18.7 Å². The molecule has 0 radical (unpaired) electrons. The highest BCUT2D eigenvalue weighted by Crippen LogP contribution is 2.40. The van der Waals surface area contributed by atoms with E-state index in [0.717, 1.165) is 36.9 Å². The SMILES string of the molecule is COC(=O)[C@@]1(OCC2CCC(CCN(Cc3ccccc3)C(=O)OCc3ccccc3)CN2C)C[C@@H](C)[C@@H](O)C([C@H]2COC(C)(C)O2)O1. The Morgan fingerprint density at radius 2 is 1.71 bits per heavy atom. The van der Waals surface area contributed by atoms with Crippen LogP contribution in [0.4, 0.5) is 4.79 Å². The smallest absolute Gasteiger partial charge is 0.410 e. The maximum atomic E-state index is 13.2. The number of carbonyl (C=O) groups excluding carboxylic acids is 2. The number of aliphatic hydroxyl groups is 1.